The maximum Gasteiger partial charge on any atom is 0.303 e. The van der Waals surface area contributed by atoms with Crippen molar-refractivity contribution < 1.29 is 19.7 Å². The highest BCUT2D eigenvalue weighted by Gasteiger charge is 2.37. The Labute approximate surface area is 157 Å². The Kier molecular flexibility index (Phi) is 12.2. The van der Waals surface area contributed by atoms with Gasteiger partial charge in [0.15, 0.2) is 0 Å². The number of carboxylic acids is 1. The van der Waals surface area contributed by atoms with Gasteiger partial charge in [-0.05, 0) is 38.5 Å². The number of aliphatic carboxylic acids is 1. The Morgan fingerprint density at radius 2 is 1.73 bits per heavy atom. The number of carboxylic acid groups (broad SMARTS) is 1. The van der Waals surface area contributed by atoms with E-state index < -0.39 is 12.1 Å². The lowest BCUT2D eigenvalue weighted by Gasteiger charge is -1.98. The third-order valence-electron chi connectivity index (χ3n) is 3.94. The normalized spacial score (nSPS) is 21.8. The first-order valence-electron chi connectivity index (χ1n) is 9.47. The fourth-order valence-corrected chi connectivity index (χ4v) is 2.41. The van der Waals surface area contributed by atoms with E-state index in [0.29, 0.717) is 12.8 Å². The van der Waals surface area contributed by atoms with E-state index in [0.717, 1.165) is 25.7 Å². The molecule has 0 aromatic heterocycles. The van der Waals surface area contributed by atoms with Crippen LogP contribution in [0.5, 0.6) is 0 Å². The van der Waals surface area contributed by atoms with Crippen LogP contribution in [0.2, 0.25) is 0 Å². The van der Waals surface area contributed by atoms with Crippen molar-refractivity contribution in [3.63, 3.8) is 0 Å². The van der Waals surface area contributed by atoms with Crippen molar-refractivity contribution in [1.29, 1.82) is 0 Å². The molecule has 1 aliphatic heterocycles. The van der Waals surface area contributed by atoms with Crippen LogP contribution in [0.3, 0.4) is 0 Å². The second-order valence-electron chi connectivity index (χ2n) is 6.29. The fourth-order valence-electron chi connectivity index (χ4n) is 2.41. The summed E-state index contributed by atoms with van der Waals surface area (Å²) in [5.41, 5.74) is 0. The summed E-state index contributed by atoms with van der Waals surface area (Å²) in [5, 5.41) is 18.3. The lowest BCUT2D eigenvalue weighted by molar-refractivity contribution is -0.137. The van der Waals surface area contributed by atoms with Crippen LogP contribution in [0, 0.1) is 0 Å². The molecule has 0 saturated carbocycles. The van der Waals surface area contributed by atoms with Crippen LogP contribution in [0.25, 0.3) is 0 Å². The van der Waals surface area contributed by atoms with Crippen molar-refractivity contribution in [2.75, 3.05) is 0 Å². The molecule has 144 valence electrons. The molecule has 3 atom stereocenters. The summed E-state index contributed by atoms with van der Waals surface area (Å²) in [4.78, 5) is 10.5. The van der Waals surface area contributed by atoms with Crippen LogP contribution in [-0.4, -0.2) is 34.5 Å². The zero-order chi connectivity index (χ0) is 19.0. The molecule has 1 aliphatic rings. The topological polar surface area (TPSA) is 70.1 Å². The Balaban J connectivity index is 2.00. The molecule has 0 bridgehead atoms. The van der Waals surface area contributed by atoms with E-state index in [2.05, 4.69) is 43.4 Å². The van der Waals surface area contributed by atoms with Gasteiger partial charge in [0.2, 0.25) is 0 Å². The molecule has 3 unspecified atom stereocenters. The molecule has 1 fully saturated rings. The molecule has 1 rings (SSSR count). The maximum atomic E-state index is 10.5. The minimum atomic E-state index is -0.759. The van der Waals surface area contributed by atoms with Gasteiger partial charge in [-0.1, -0.05) is 67.7 Å². The predicted molar refractivity (Wildman–Crippen MR) is 106 cm³/mol. The largest absolute Gasteiger partial charge is 0.481 e. The second kappa shape index (κ2) is 14.3. The summed E-state index contributed by atoms with van der Waals surface area (Å²) in [6.07, 6.45) is 25.2. The molecule has 0 aromatic carbocycles. The molecule has 2 N–H and O–H groups in total. The van der Waals surface area contributed by atoms with Crippen LogP contribution < -0.4 is 0 Å². The van der Waals surface area contributed by atoms with E-state index in [1.165, 1.54) is 0 Å². The Hall–Kier alpha value is -1.91. The third kappa shape index (κ3) is 12.5. The highest BCUT2D eigenvalue weighted by molar-refractivity contribution is 5.66. The lowest BCUT2D eigenvalue weighted by atomic mass is 10.1. The molecule has 1 heterocycles. The van der Waals surface area contributed by atoms with Gasteiger partial charge in [-0.3, -0.25) is 4.79 Å². The number of ether oxygens (including phenoxy) is 1. The molecule has 1 saturated heterocycles. The minimum absolute atomic E-state index is 0.130. The highest BCUT2D eigenvalue weighted by atomic mass is 16.6. The molecule has 0 amide bonds. The molecule has 26 heavy (non-hydrogen) atoms. The van der Waals surface area contributed by atoms with Crippen molar-refractivity contribution in [1.82, 2.24) is 0 Å². The van der Waals surface area contributed by atoms with E-state index in [4.69, 9.17) is 9.84 Å². The SMILES string of the molecule is CCC=CCC(O)C=CC=CCC=CCC=CCC1OC1CCC(=O)O. The zero-order valence-corrected chi connectivity index (χ0v) is 15.7. The number of rotatable bonds is 14. The Bertz CT molecular complexity index is 528. The van der Waals surface area contributed by atoms with Crippen molar-refractivity contribution in [2.24, 2.45) is 0 Å². The van der Waals surface area contributed by atoms with Gasteiger partial charge in [-0.15, -0.1) is 0 Å². The van der Waals surface area contributed by atoms with E-state index in [9.17, 15) is 9.90 Å². The maximum absolute atomic E-state index is 10.5. The minimum Gasteiger partial charge on any atom is -0.481 e. The summed E-state index contributed by atoms with van der Waals surface area (Å²) < 4.78 is 5.42. The first-order chi connectivity index (χ1) is 12.6. The molecule has 4 nitrogen and oxygen atoms in total. The van der Waals surface area contributed by atoms with E-state index in [1.54, 1.807) is 6.08 Å². The number of hydrogen-bond acceptors (Lipinski definition) is 3. The summed E-state index contributed by atoms with van der Waals surface area (Å²) >= 11 is 0. The van der Waals surface area contributed by atoms with E-state index >= 15 is 0 Å². The van der Waals surface area contributed by atoms with Gasteiger partial charge in [-0.25, -0.2) is 0 Å². The van der Waals surface area contributed by atoms with E-state index in [1.807, 2.05) is 18.2 Å². The standard InChI is InChI=1S/C22H32O4/c1-2-3-11-14-19(23)15-12-9-7-5-4-6-8-10-13-16-20-21(26-20)17-18-22(24)25/h3-4,6-7,9-13,15,19-21,23H,2,5,8,14,16-18H2,1H3,(H,24,25). The number of aliphatic hydroxyl groups excluding tert-OH is 1. The average molecular weight is 360 g/mol. The quantitative estimate of drug-likeness (QED) is 0.267. The third-order valence-corrected chi connectivity index (χ3v) is 3.94. The van der Waals surface area contributed by atoms with Gasteiger partial charge in [-0.2, -0.15) is 0 Å². The summed E-state index contributed by atoms with van der Waals surface area (Å²) in [6.45, 7) is 2.08. The first-order valence-corrected chi connectivity index (χ1v) is 9.47. The molecule has 0 radical (unpaired) electrons. The van der Waals surface area contributed by atoms with Crippen LogP contribution in [0.4, 0.5) is 0 Å². The summed E-state index contributed by atoms with van der Waals surface area (Å²) in [7, 11) is 0. The zero-order valence-electron chi connectivity index (χ0n) is 15.7. The van der Waals surface area contributed by atoms with Gasteiger partial charge < -0.3 is 14.9 Å². The summed E-state index contributed by atoms with van der Waals surface area (Å²) in [6, 6.07) is 0. The number of allylic oxidation sites excluding steroid dienone is 7. The summed E-state index contributed by atoms with van der Waals surface area (Å²) in [5.74, 6) is -0.759. The predicted octanol–water partition coefficient (Wildman–Crippen LogP) is 4.73. The van der Waals surface area contributed by atoms with Crippen LogP contribution >= 0.6 is 0 Å². The first kappa shape index (κ1) is 22.1. The molecule has 0 spiro atoms. The van der Waals surface area contributed by atoms with Gasteiger partial charge in [0.25, 0.3) is 0 Å². The molecule has 0 aromatic rings. The number of aliphatic hydroxyl groups is 1. The van der Waals surface area contributed by atoms with Crippen LogP contribution in [0.1, 0.15) is 51.9 Å². The molecule has 0 aliphatic carbocycles. The van der Waals surface area contributed by atoms with Crippen molar-refractivity contribution in [2.45, 2.75) is 70.2 Å². The second-order valence-corrected chi connectivity index (χ2v) is 6.29. The van der Waals surface area contributed by atoms with Crippen LogP contribution in [-0.2, 0) is 9.53 Å². The van der Waals surface area contributed by atoms with Gasteiger partial charge in [0.1, 0.15) is 0 Å². The van der Waals surface area contributed by atoms with Crippen molar-refractivity contribution >= 4 is 5.97 Å². The van der Waals surface area contributed by atoms with Crippen LogP contribution in [0.15, 0.2) is 60.8 Å². The lowest BCUT2D eigenvalue weighted by Crippen LogP contribution is -1.99. The van der Waals surface area contributed by atoms with Gasteiger partial charge in [0.05, 0.1) is 18.3 Å². The molecule has 4 heteroatoms. The highest BCUT2D eigenvalue weighted by Crippen LogP contribution is 2.29. The van der Waals surface area contributed by atoms with Crippen molar-refractivity contribution in [3.05, 3.63) is 60.8 Å². The molecular weight excluding hydrogens is 328 g/mol. The van der Waals surface area contributed by atoms with E-state index in [-0.39, 0.29) is 18.6 Å². The van der Waals surface area contributed by atoms with Crippen molar-refractivity contribution in [3.8, 4) is 0 Å². The monoisotopic (exact) mass is 360 g/mol. The average Bonchev–Trinajstić information content (AvgIpc) is 3.36. The number of carbonyl (C=O) groups is 1. The Morgan fingerprint density at radius 3 is 2.46 bits per heavy atom. The van der Waals surface area contributed by atoms with Gasteiger partial charge >= 0.3 is 5.97 Å². The number of epoxide rings is 1. The molecular formula is C22H32O4. The Morgan fingerprint density at radius 1 is 1.00 bits per heavy atom. The fraction of sp³-hybridized carbons (Fsp3) is 0.500. The van der Waals surface area contributed by atoms with Gasteiger partial charge in [0, 0.05) is 6.42 Å². The number of hydrogen-bond donors (Lipinski definition) is 2. The smallest absolute Gasteiger partial charge is 0.303 e.